The molecular weight excluding hydrogens is 164 g/mol. The molecule has 0 saturated carbocycles. The lowest BCUT2D eigenvalue weighted by atomic mass is 10.1. The molecule has 0 amide bonds. The maximum absolute atomic E-state index is 10.9. The van der Waals surface area contributed by atoms with Crippen molar-refractivity contribution in [3.63, 3.8) is 0 Å². The summed E-state index contributed by atoms with van der Waals surface area (Å²) in [5, 5.41) is 8.49. The third-order valence-corrected chi connectivity index (χ3v) is 3.23. The van der Waals surface area contributed by atoms with Gasteiger partial charge in [0.1, 0.15) is 0 Å². The second-order valence-electron chi connectivity index (χ2n) is 2.83. The predicted octanol–water partition coefficient (Wildman–Crippen LogP) is 0.357. The van der Waals surface area contributed by atoms with Gasteiger partial charge in [0.25, 0.3) is 0 Å². The molecule has 0 aliphatic rings. The molecular formula is C7H14O3S. The Morgan fingerprint density at radius 2 is 1.91 bits per heavy atom. The Balaban J connectivity index is 4.51. The second-order valence-corrected chi connectivity index (χ2v) is 5.23. The summed E-state index contributed by atoms with van der Waals surface area (Å²) in [5.74, 6) is 0. The number of sulfone groups is 1. The van der Waals surface area contributed by atoms with Crippen LogP contribution in [0.3, 0.4) is 0 Å². The molecule has 0 bridgehead atoms. The molecule has 3 nitrogen and oxygen atoms in total. The third-order valence-electron chi connectivity index (χ3n) is 1.62. The molecule has 2 atom stereocenters. The molecule has 0 radical (unpaired) electrons. The maximum atomic E-state index is 10.9. The van der Waals surface area contributed by atoms with Crippen molar-refractivity contribution in [1.82, 2.24) is 0 Å². The number of hydrogen-bond donors (Lipinski definition) is 1. The number of aliphatic hydroxyl groups is 1. The van der Waals surface area contributed by atoms with Gasteiger partial charge in [-0.25, -0.2) is 8.42 Å². The lowest BCUT2D eigenvalue weighted by molar-refractivity contribution is 0.209. The van der Waals surface area contributed by atoms with Gasteiger partial charge < -0.3 is 5.11 Å². The first-order chi connectivity index (χ1) is 4.76. The van der Waals surface area contributed by atoms with Crippen LogP contribution >= 0.6 is 0 Å². The molecule has 1 N–H and O–H groups in total. The second kappa shape index (κ2) is 3.36. The summed E-state index contributed by atoms with van der Waals surface area (Å²) in [7, 11) is -3.16. The van der Waals surface area contributed by atoms with Crippen LogP contribution in [0.4, 0.5) is 0 Å². The fraction of sp³-hybridized carbons (Fsp3) is 0.714. The van der Waals surface area contributed by atoms with Gasteiger partial charge in [0, 0.05) is 6.26 Å². The Labute approximate surface area is 67.7 Å². The summed E-state index contributed by atoms with van der Waals surface area (Å²) >= 11 is 0. The van der Waals surface area contributed by atoms with Gasteiger partial charge >= 0.3 is 0 Å². The molecule has 66 valence electrons. The zero-order chi connectivity index (χ0) is 9.23. The van der Waals surface area contributed by atoms with E-state index in [0.717, 1.165) is 6.26 Å². The van der Waals surface area contributed by atoms with E-state index in [4.69, 9.17) is 0 Å². The van der Waals surface area contributed by atoms with Crippen LogP contribution in [0.5, 0.6) is 0 Å². The predicted molar refractivity (Wildman–Crippen MR) is 45.1 cm³/mol. The summed E-state index contributed by atoms with van der Waals surface area (Å²) in [6.07, 6.45) is 0.147. The quantitative estimate of drug-likeness (QED) is 0.635. The lowest BCUT2D eigenvalue weighted by Crippen LogP contribution is -2.31. The third kappa shape index (κ3) is 3.03. The van der Waals surface area contributed by atoms with Crippen molar-refractivity contribution in [1.29, 1.82) is 0 Å². The van der Waals surface area contributed by atoms with Crippen molar-refractivity contribution in [3.8, 4) is 0 Å². The molecule has 0 aliphatic heterocycles. The smallest absolute Gasteiger partial charge is 0.152 e. The van der Waals surface area contributed by atoms with Gasteiger partial charge in [-0.2, -0.15) is 0 Å². The number of hydrogen-bond acceptors (Lipinski definition) is 3. The highest BCUT2D eigenvalue weighted by molar-refractivity contribution is 7.91. The first-order valence-corrected chi connectivity index (χ1v) is 5.24. The van der Waals surface area contributed by atoms with E-state index < -0.39 is 21.2 Å². The van der Waals surface area contributed by atoms with Gasteiger partial charge in [0.15, 0.2) is 9.84 Å². The molecule has 0 rings (SSSR count). The molecule has 0 heterocycles. The normalized spacial score (nSPS) is 17.5. The summed E-state index contributed by atoms with van der Waals surface area (Å²) in [6, 6.07) is 0. The minimum atomic E-state index is -3.16. The van der Waals surface area contributed by atoms with Gasteiger partial charge in [-0.05, 0) is 13.8 Å². The first-order valence-electron chi connectivity index (χ1n) is 3.29. The molecule has 0 aliphatic carbocycles. The maximum Gasteiger partial charge on any atom is 0.152 e. The molecule has 0 aromatic carbocycles. The van der Waals surface area contributed by atoms with Crippen LogP contribution in [0, 0.1) is 0 Å². The molecule has 0 aromatic heterocycles. The fourth-order valence-electron chi connectivity index (χ4n) is 0.635. The van der Waals surface area contributed by atoms with Crippen LogP contribution in [0.2, 0.25) is 0 Å². The Kier molecular flexibility index (Phi) is 3.26. The van der Waals surface area contributed by atoms with E-state index in [2.05, 4.69) is 6.58 Å². The summed E-state index contributed by atoms with van der Waals surface area (Å²) in [6.45, 7) is 6.55. The van der Waals surface area contributed by atoms with E-state index in [1.165, 1.54) is 6.92 Å². The van der Waals surface area contributed by atoms with E-state index in [-0.39, 0.29) is 0 Å². The molecule has 4 heteroatoms. The minimum Gasteiger partial charge on any atom is -0.387 e. The van der Waals surface area contributed by atoms with E-state index in [0.29, 0.717) is 5.57 Å². The zero-order valence-electron chi connectivity index (χ0n) is 7.03. The van der Waals surface area contributed by atoms with Gasteiger partial charge in [0.2, 0.25) is 0 Å². The van der Waals surface area contributed by atoms with Crippen LogP contribution in [-0.4, -0.2) is 31.1 Å². The van der Waals surface area contributed by atoms with Crippen molar-refractivity contribution in [3.05, 3.63) is 12.2 Å². The molecule has 0 saturated heterocycles. The van der Waals surface area contributed by atoms with Crippen molar-refractivity contribution in [2.75, 3.05) is 6.26 Å². The topological polar surface area (TPSA) is 54.4 Å². The van der Waals surface area contributed by atoms with E-state index in [9.17, 15) is 13.5 Å². The Morgan fingerprint density at radius 1 is 1.55 bits per heavy atom. The van der Waals surface area contributed by atoms with Gasteiger partial charge in [-0.15, -0.1) is 0 Å². The Bertz CT molecular complexity index is 240. The van der Waals surface area contributed by atoms with Crippen LogP contribution in [-0.2, 0) is 9.84 Å². The molecule has 0 aromatic rings. The van der Waals surface area contributed by atoms with Crippen molar-refractivity contribution >= 4 is 9.84 Å². The van der Waals surface area contributed by atoms with Crippen LogP contribution < -0.4 is 0 Å². The molecule has 2 unspecified atom stereocenters. The van der Waals surface area contributed by atoms with Gasteiger partial charge in [0.05, 0.1) is 11.4 Å². The van der Waals surface area contributed by atoms with Crippen molar-refractivity contribution in [2.24, 2.45) is 0 Å². The van der Waals surface area contributed by atoms with Gasteiger partial charge in [-0.1, -0.05) is 12.2 Å². The SMILES string of the molecule is C=C(C)C(O)C(C)S(C)(=O)=O. The minimum absolute atomic E-state index is 0.475. The van der Waals surface area contributed by atoms with Crippen LogP contribution in [0.15, 0.2) is 12.2 Å². The number of rotatable bonds is 3. The highest BCUT2D eigenvalue weighted by Crippen LogP contribution is 2.10. The Morgan fingerprint density at radius 3 is 2.00 bits per heavy atom. The summed E-state index contributed by atoms with van der Waals surface area (Å²) in [4.78, 5) is 0. The highest BCUT2D eigenvalue weighted by Gasteiger charge is 2.23. The average Bonchev–Trinajstić information content (AvgIpc) is 1.82. The lowest BCUT2D eigenvalue weighted by Gasteiger charge is -2.16. The molecule has 0 fully saturated rings. The molecule has 0 spiro atoms. The van der Waals surface area contributed by atoms with Crippen molar-refractivity contribution < 1.29 is 13.5 Å². The monoisotopic (exact) mass is 178 g/mol. The van der Waals surface area contributed by atoms with E-state index >= 15 is 0 Å². The van der Waals surface area contributed by atoms with Crippen LogP contribution in [0.25, 0.3) is 0 Å². The standard InChI is InChI=1S/C7H14O3S/c1-5(2)7(8)6(3)11(4,9)10/h6-8H,1H2,2-4H3. The highest BCUT2D eigenvalue weighted by atomic mass is 32.2. The number of aliphatic hydroxyl groups excluding tert-OH is 1. The fourth-order valence-corrected chi connectivity index (χ4v) is 1.34. The zero-order valence-corrected chi connectivity index (χ0v) is 7.85. The first kappa shape index (κ1) is 10.7. The summed E-state index contributed by atoms with van der Waals surface area (Å²) < 4.78 is 21.8. The Hall–Kier alpha value is -0.350. The average molecular weight is 178 g/mol. The van der Waals surface area contributed by atoms with Crippen LogP contribution in [0.1, 0.15) is 13.8 Å². The largest absolute Gasteiger partial charge is 0.387 e. The molecule has 11 heavy (non-hydrogen) atoms. The van der Waals surface area contributed by atoms with Crippen molar-refractivity contribution in [2.45, 2.75) is 25.2 Å². The van der Waals surface area contributed by atoms with Gasteiger partial charge in [-0.3, -0.25) is 0 Å². The van der Waals surface area contributed by atoms with E-state index in [1.807, 2.05) is 0 Å². The summed E-state index contributed by atoms with van der Waals surface area (Å²) in [5.41, 5.74) is 0.475. The van der Waals surface area contributed by atoms with E-state index in [1.54, 1.807) is 6.92 Å².